The van der Waals surface area contributed by atoms with Gasteiger partial charge in [-0.2, -0.15) is 0 Å². The van der Waals surface area contributed by atoms with Crippen LogP contribution >= 0.6 is 12.2 Å². The molecule has 0 spiro atoms. The third kappa shape index (κ3) is 1.32. The number of nitrogens with two attached hydrogens (primary N) is 2. The van der Waals surface area contributed by atoms with Crippen LogP contribution < -0.4 is 11.5 Å². The molecule has 1 aromatic rings. The number of H-pyrrole nitrogens is 1. The summed E-state index contributed by atoms with van der Waals surface area (Å²) in [5.74, 6) is -0.0150. The molecule has 0 saturated carbocycles. The molecule has 6 nitrogen and oxygen atoms in total. The fourth-order valence-corrected chi connectivity index (χ4v) is 0.807. The van der Waals surface area contributed by atoms with Gasteiger partial charge in [0.2, 0.25) is 0 Å². The van der Waals surface area contributed by atoms with Crippen molar-refractivity contribution in [3.05, 3.63) is 9.68 Å². The molecule has 0 unspecified atom stereocenters. The minimum absolute atomic E-state index is 0.0394. The maximum Gasteiger partial charge on any atom is 0.200 e. The third-order valence-corrected chi connectivity index (χ3v) is 1.25. The SMILES string of the molecule is Nc1nc(=S)[nH]c(N)c1N=O. The Kier molecular flexibility index (Phi) is 1.81. The van der Waals surface area contributed by atoms with Crippen LogP contribution in [0.2, 0.25) is 0 Å². The first-order valence-corrected chi connectivity index (χ1v) is 3.04. The standard InChI is InChI=1S/C4H5N5OS/c5-2-1(9-10)3(6)8-4(11)7-2/h(H5,5,6,7,8,11). The molecule has 0 aliphatic carbocycles. The topological polar surface area (TPSA) is 110 Å². The van der Waals surface area contributed by atoms with Gasteiger partial charge in [-0.3, -0.25) is 0 Å². The van der Waals surface area contributed by atoms with Gasteiger partial charge in [0.25, 0.3) is 0 Å². The van der Waals surface area contributed by atoms with Crippen molar-refractivity contribution in [2.45, 2.75) is 0 Å². The van der Waals surface area contributed by atoms with Crippen LogP contribution in [0, 0.1) is 9.68 Å². The number of nitroso groups, excluding NO2 is 1. The summed E-state index contributed by atoms with van der Waals surface area (Å²) in [5, 5.41) is 2.57. The molecular weight excluding hydrogens is 166 g/mol. The van der Waals surface area contributed by atoms with E-state index in [0.29, 0.717) is 0 Å². The van der Waals surface area contributed by atoms with Gasteiger partial charge >= 0.3 is 0 Å². The molecule has 0 bridgehead atoms. The van der Waals surface area contributed by atoms with E-state index in [1.807, 2.05) is 0 Å². The minimum atomic E-state index is -0.0985. The zero-order chi connectivity index (χ0) is 8.43. The Morgan fingerprint density at radius 3 is 2.64 bits per heavy atom. The molecule has 7 heteroatoms. The summed E-state index contributed by atoms with van der Waals surface area (Å²) < 4.78 is 0.132. The first-order valence-electron chi connectivity index (χ1n) is 2.63. The van der Waals surface area contributed by atoms with Crippen molar-refractivity contribution in [2.75, 3.05) is 11.5 Å². The Balaban J connectivity index is 3.48. The first-order chi connectivity index (χ1) is 5.15. The number of nitrogen functional groups attached to an aromatic ring is 2. The molecule has 1 aromatic heterocycles. The Hall–Kier alpha value is -1.50. The van der Waals surface area contributed by atoms with E-state index in [1.54, 1.807) is 0 Å². The van der Waals surface area contributed by atoms with Crippen LogP contribution in [0.4, 0.5) is 17.3 Å². The molecule has 0 aliphatic heterocycles. The second-order valence-corrected chi connectivity index (χ2v) is 2.17. The highest BCUT2D eigenvalue weighted by molar-refractivity contribution is 7.71. The lowest BCUT2D eigenvalue weighted by Crippen LogP contribution is -1.98. The lowest BCUT2D eigenvalue weighted by Gasteiger charge is -1.98. The smallest absolute Gasteiger partial charge is 0.200 e. The first kappa shape index (κ1) is 7.61. The second kappa shape index (κ2) is 2.62. The van der Waals surface area contributed by atoms with E-state index in [-0.39, 0.29) is 22.1 Å². The van der Waals surface area contributed by atoms with Gasteiger partial charge in [-0.1, -0.05) is 0 Å². The van der Waals surface area contributed by atoms with Gasteiger partial charge in [0.15, 0.2) is 16.3 Å². The van der Waals surface area contributed by atoms with Gasteiger partial charge in [-0.05, 0) is 17.4 Å². The number of hydrogen-bond acceptors (Lipinski definition) is 6. The summed E-state index contributed by atoms with van der Waals surface area (Å²) >= 11 is 4.62. The van der Waals surface area contributed by atoms with Gasteiger partial charge in [0.1, 0.15) is 5.82 Å². The minimum Gasteiger partial charge on any atom is -0.383 e. The fraction of sp³-hybridized carbons (Fsp3) is 0. The van der Waals surface area contributed by atoms with Crippen LogP contribution in [0.25, 0.3) is 0 Å². The Morgan fingerprint density at radius 2 is 2.18 bits per heavy atom. The summed E-state index contributed by atoms with van der Waals surface area (Å²) in [6.07, 6.45) is 0. The molecule has 0 amide bonds. The van der Waals surface area contributed by atoms with Crippen LogP contribution in [-0.4, -0.2) is 9.97 Å². The second-order valence-electron chi connectivity index (χ2n) is 1.78. The highest BCUT2D eigenvalue weighted by atomic mass is 32.1. The van der Waals surface area contributed by atoms with E-state index in [9.17, 15) is 4.91 Å². The molecular formula is C4H5N5OS. The third-order valence-electron chi connectivity index (χ3n) is 1.05. The molecule has 0 saturated heterocycles. The molecule has 0 radical (unpaired) electrons. The van der Waals surface area contributed by atoms with Gasteiger partial charge in [0, 0.05) is 0 Å². The highest BCUT2D eigenvalue weighted by Gasteiger charge is 2.04. The Bertz CT molecular complexity index is 319. The zero-order valence-electron chi connectivity index (χ0n) is 5.37. The quantitative estimate of drug-likeness (QED) is 0.425. The Morgan fingerprint density at radius 1 is 1.55 bits per heavy atom. The van der Waals surface area contributed by atoms with Crippen molar-refractivity contribution in [2.24, 2.45) is 5.18 Å². The van der Waals surface area contributed by atoms with Gasteiger partial charge in [-0.15, -0.1) is 4.91 Å². The monoisotopic (exact) mass is 171 g/mol. The Labute approximate surface area is 66.6 Å². The number of aromatic amines is 1. The van der Waals surface area contributed by atoms with Crippen LogP contribution in [0.3, 0.4) is 0 Å². The molecule has 1 rings (SSSR count). The summed E-state index contributed by atoms with van der Waals surface area (Å²) in [6, 6.07) is 0. The van der Waals surface area contributed by atoms with E-state index >= 15 is 0 Å². The molecule has 0 aliphatic rings. The zero-order valence-corrected chi connectivity index (χ0v) is 6.18. The maximum absolute atomic E-state index is 10.1. The number of hydrogen-bond donors (Lipinski definition) is 3. The number of nitrogens with zero attached hydrogens (tertiary/aromatic N) is 2. The van der Waals surface area contributed by atoms with Crippen molar-refractivity contribution < 1.29 is 0 Å². The van der Waals surface area contributed by atoms with E-state index in [1.165, 1.54) is 0 Å². The van der Waals surface area contributed by atoms with Crippen LogP contribution in [0.15, 0.2) is 5.18 Å². The number of nitrogens with one attached hydrogen (secondary N) is 1. The highest BCUT2D eigenvalue weighted by Crippen LogP contribution is 2.23. The van der Waals surface area contributed by atoms with Crippen LogP contribution in [-0.2, 0) is 0 Å². The molecule has 0 fully saturated rings. The summed E-state index contributed by atoms with van der Waals surface area (Å²) in [6.45, 7) is 0. The maximum atomic E-state index is 10.1. The largest absolute Gasteiger partial charge is 0.383 e. The number of rotatable bonds is 1. The van der Waals surface area contributed by atoms with Crippen molar-refractivity contribution in [1.82, 2.24) is 9.97 Å². The van der Waals surface area contributed by atoms with E-state index < -0.39 is 0 Å². The number of anilines is 2. The molecule has 0 aromatic carbocycles. The lowest BCUT2D eigenvalue weighted by molar-refractivity contribution is 1.14. The van der Waals surface area contributed by atoms with Gasteiger partial charge in [-0.25, -0.2) is 4.98 Å². The average molecular weight is 171 g/mol. The van der Waals surface area contributed by atoms with Crippen molar-refractivity contribution in [3.8, 4) is 0 Å². The van der Waals surface area contributed by atoms with Crippen molar-refractivity contribution in [3.63, 3.8) is 0 Å². The summed E-state index contributed by atoms with van der Waals surface area (Å²) in [4.78, 5) is 16.1. The van der Waals surface area contributed by atoms with Crippen LogP contribution in [0.1, 0.15) is 0 Å². The van der Waals surface area contributed by atoms with Gasteiger partial charge < -0.3 is 16.5 Å². The predicted molar refractivity (Wildman–Crippen MR) is 43.7 cm³/mol. The van der Waals surface area contributed by atoms with Crippen molar-refractivity contribution >= 4 is 29.5 Å². The fourth-order valence-electron chi connectivity index (χ4n) is 0.599. The van der Waals surface area contributed by atoms with Crippen LogP contribution in [0.5, 0.6) is 0 Å². The number of aromatic nitrogens is 2. The predicted octanol–water partition coefficient (Wildman–Crippen LogP) is 0.701. The molecule has 58 valence electrons. The van der Waals surface area contributed by atoms with Gasteiger partial charge in [0.05, 0.1) is 0 Å². The summed E-state index contributed by atoms with van der Waals surface area (Å²) in [5.41, 5.74) is 10.5. The molecule has 1 heterocycles. The molecule has 5 N–H and O–H groups in total. The normalized spacial score (nSPS) is 9.45. The average Bonchev–Trinajstić information content (AvgIpc) is 1.85. The molecule has 0 atom stereocenters. The van der Waals surface area contributed by atoms with E-state index in [0.717, 1.165) is 0 Å². The molecule has 11 heavy (non-hydrogen) atoms. The van der Waals surface area contributed by atoms with E-state index in [2.05, 4.69) is 27.4 Å². The van der Waals surface area contributed by atoms with E-state index in [4.69, 9.17) is 11.5 Å². The lowest BCUT2D eigenvalue weighted by atomic mass is 10.4. The summed E-state index contributed by atoms with van der Waals surface area (Å²) in [7, 11) is 0. The van der Waals surface area contributed by atoms with Crippen molar-refractivity contribution in [1.29, 1.82) is 0 Å².